The molecule has 2 nitrogen and oxygen atoms in total. The summed E-state index contributed by atoms with van der Waals surface area (Å²) in [6.45, 7) is 3.69. The normalized spacial score (nSPS) is 21.4. The molecule has 0 amide bonds. The molecule has 0 bridgehead atoms. The van der Waals surface area contributed by atoms with Crippen molar-refractivity contribution in [3.05, 3.63) is 0 Å². The van der Waals surface area contributed by atoms with Gasteiger partial charge in [0, 0.05) is 12.6 Å². The Morgan fingerprint density at radius 1 is 1.33 bits per heavy atom. The molecule has 1 N–H and O–H groups in total. The van der Waals surface area contributed by atoms with Crippen LogP contribution in [0, 0.1) is 5.92 Å². The van der Waals surface area contributed by atoms with E-state index >= 15 is 0 Å². The van der Waals surface area contributed by atoms with E-state index in [1.807, 2.05) is 0 Å². The Morgan fingerprint density at radius 2 is 1.93 bits per heavy atom. The SMILES string of the molecule is CC(NCCOC(C)C(F)(F)F)C1CC1. The molecule has 0 aliphatic heterocycles. The molecule has 1 fully saturated rings. The molecule has 1 saturated carbocycles. The summed E-state index contributed by atoms with van der Waals surface area (Å²) in [4.78, 5) is 0. The van der Waals surface area contributed by atoms with E-state index in [9.17, 15) is 13.2 Å². The Morgan fingerprint density at radius 3 is 2.40 bits per heavy atom. The quantitative estimate of drug-likeness (QED) is 0.700. The molecule has 0 spiro atoms. The van der Waals surface area contributed by atoms with Crippen LogP contribution in [0.5, 0.6) is 0 Å². The van der Waals surface area contributed by atoms with Crippen LogP contribution in [0.15, 0.2) is 0 Å². The van der Waals surface area contributed by atoms with Gasteiger partial charge in [-0.1, -0.05) is 0 Å². The van der Waals surface area contributed by atoms with Gasteiger partial charge in [-0.25, -0.2) is 0 Å². The van der Waals surface area contributed by atoms with Crippen molar-refractivity contribution in [1.82, 2.24) is 5.32 Å². The number of hydrogen-bond donors (Lipinski definition) is 1. The van der Waals surface area contributed by atoms with Crippen LogP contribution in [0.3, 0.4) is 0 Å². The number of hydrogen-bond acceptors (Lipinski definition) is 2. The van der Waals surface area contributed by atoms with Crippen molar-refractivity contribution in [2.45, 2.75) is 45.0 Å². The molecule has 15 heavy (non-hydrogen) atoms. The van der Waals surface area contributed by atoms with E-state index in [-0.39, 0.29) is 6.61 Å². The summed E-state index contributed by atoms with van der Waals surface area (Å²) < 4.78 is 40.8. The zero-order valence-corrected chi connectivity index (χ0v) is 9.10. The van der Waals surface area contributed by atoms with Crippen LogP contribution in [-0.4, -0.2) is 31.5 Å². The highest BCUT2D eigenvalue weighted by atomic mass is 19.4. The van der Waals surface area contributed by atoms with Gasteiger partial charge in [-0.05, 0) is 32.6 Å². The fourth-order valence-electron chi connectivity index (χ4n) is 1.38. The van der Waals surface area contributed by atoms with Gasteiger partial charge in [0.2, 0.25) is 0 Å². The topological polar surface area (TPSA) is 21.3 Å². The lowest BCUT2D eigenvalue weighted by molar-refractivity contribution is -0.213. The van der Waals surface area contributed by atoms with Crippen LogP contribution in [0.4, 0.5) is 13.2 Å². The van der Waals surface area contributed by atoms with Crippen molar-refractivity contribution < 1.29 is 17.9 Å². The Labute approximate surface area is 88.2 Å². The fourth-order valence-corrected chi connectivity index (χ4v) is 1.38. The van der Waals surface area contributed by atoms with Crippen LogP contribution in [0.1, 0.15) is 26.7 Å². The van der Waals surface area contributed by atoms with Gasteiger partial charge in [0.15, 0.2) is 6.10 Å². The van der Waals surface area contributed by atoms with Gasteiger partial charge >= 0.3 is 6.18 Å². The third kappa shape index (κ3) is 4.84. The molecule has 90 valence electrons. The summed E-state index contributed by atoms with van der Waals surface area (Å²) in [5, 5.41) is 3.16. The predicted octanol–water partition coefficient (Wildman–Crippen LogP) is 2.34. The smallest absolute Gasteiger partial charge is 0.368 e. The average Bonchev–Trinajstić information content (AvgIpc) is 2.92. The van der Waals surface area contributed by atoms with E-state index in [0.29, 0.717) is 18.5 Å². The Balaban J connectivity index is 2.00. The molecule has 0 aromatic carbocycles. The first-order valence-electron chi connectivity index (χ1n) is 5.33. The van der Waals surface area contributed by atoms with Crippen LogP contribution in [0.25, 0.3) is 0 Å². The largest absolute Gasteiger partial charge is 0.414 e. The van der Waals surface area contributed by atoms with Crippen molar-refractivity contribution in [3.63, 3.8) is 0 Å². The predicted molar refractivity (Wildman–Crippen MR) is 51.7 cm³/mol. The summed E-state index contributed by atoms with van der Waals surface area (Å²) in [5.41, 5.74) is 0. The Bertz CT molecular complexity index is 192. The molecule has 1 aliphatic rings. The molecule has 1 aliphatic carbocycles. The van der Waals surface area contributed by atoms with Gasteiger partial charge in [0.05, 0.1) is 6.61 Å². The van der Waals surface area contributed by atoms with Crippen LogP contribution < -0.4 is 5.32 Å². The highest BCUT2D eigenvalue weighted by molar-refractivity contribution is 4.82. The molecule has 0 heterocycles. The second kappa shape index (κ2) is 5.16. The van der Waals surface area contributed by atoms with Crippen molar-refractivity contribution in [3.8, 4) is 0 Å². The summed E-state index contributed by atoms with van der Waals surface area (Å²) in [7, 11) is 0. The monoisotopic (exact) mass is 225 g/mol. The Kier molecular flexibility index (Phi) is 4.40. The number of nitrogens with one attached hydrogen (secondary N) is 1. The van der Waals surface area contributed by atoms with E-state index in [1.54, 1.807) is 0 Å². The first kappa shape index (κ1) is 12.8. The Hall–Kier alpha value is -0.290. The van der Waals surface area contributed by atoms with Crippen molar-refractivity contribution in [2.75, 3.05) is 13.2 Å². The lowest BCUT2D eigenvalue weighted by atomic mass is 10.2. The van der Waals surface area contributed by atoms with E-state index < -0.39 is 12.3 Å². The standard InChI is InChI=1S/C10H18F3NO/c1-7(9-3-4-9)14-5-6-15-8(2)10(11,12)13/h7-9,14H,3-6H2,1-2H3. The van der Waals surface area contributed by atoms with Gasteiger partial charge in [-0.15, -0.1) is 0 Å². The zero-order chi connectivity index (χ0) is 11.5. The molecule has 0 aromatic heterocycles. The van der Waals surface area contributed by atoms with Gasteiger partial charge < -0.3 is 10.1 Å². The summed E-state index contributed by atoms with van der Waals surface area (Å²) in [6.07, 6.45) is -3.46. The maximum Gasteiger partial charge on any atom is 0.414 e. The van der Waals surface area contributed by atoms with Crippen molar-refractivity contribution in [2.24, 2.45) is 5.92 Å². The number of alkyl halides is 3. The molecule has 5 heteroatoms. The molecule has 0 saturated heterocycles. The van der Waals surface area contributed by atoms with Gasteiger partial charge in [-0.2, -0.15) is 13.2 Å². The average molecular weight is 225 g/mol. The highest BCUT2D eigenvalue weighted by Gasteiger charge is 2.36. The minimum Gasteiger partial charge on any atom is -0.368 e. The third-order valence-corrected chi connectivity index (χ3v) is 2.73. The zero-order valence-electron chi connectivity index (χ0n) is 9.10. The minimum absolute atomic E-state index is 0.109. The van der Waals surface area contributed by atoms with Gasteiger partial charge in [0.1, 0.15) is 0 Å². The van der Waals surface area contributed by atoms with Crippen molar-refractivity contribution >= 4 is 0 Å². The number of halogens is 3. The summed E-state index contributed by atoms with van der Waals surface area (Å²) in [6, 6.07) is 0.398. The second-order valence-corrected chi connectivity index (χ2v) is 4.13. The third-order valence-electron chi connectivity index (χ3n) is 2.73. The second-order valence-electron chi connectivity index (χ2n) is 4.13. The summed E-state index contributed by atoms with van der Waals surface area (Å²) in [5.74, 6) is 0.713. The first-order valence-corrected chi connectivity index (χ1v) is 5.33. The summed E-state index contributed by atoms with van der Waals surface area (Å²) >= 11 is 0. The van der Waals surface area contributed by atoms with E-state index in [0.717, 1.165) is 6.92 Å². The van der Waals surface area contributed by atoms with Crippen molar-refractivity contribution in [1.29, 1.82) is 0 Å². The lowest BCUT2D eigenvalue weighted by Gasteiger charge is -2.17. The van der Waals surface area contributed by atoms with Crippen LogP contribution in [0.2, 0.25) is 0 Å². The number of ether oxygens (including phenoxy) is 1. The fraction of sp³-hybridized carbons (Fsp3) is 1.00. The molecule has 0 radical (unpaired) electrons. The first-order chi connectivity index (χ1) is 6.91. The van der Waals surface area contributed by atoms with Crippen LogP contribution in [-0.2, 0) is 4.74 Å². The highest BCUT2D eigenvalue weighted by Crippen LogP contribution is 2.32. The lowest BCUT2D eigenvalue weighted by Crippen LogP contribution is -2.34. The molecule has 2 unspecified atom stereocenters. The molecule has 1 rings (SSSR count). The minimum atomic E-state index is -4.25. The van der Waals surface area contributed by atoms with E-state index in [2.05, 4.69) is 17.0 Å². The van der Waals surface area contributed by atoms with Gasteiger partial charge in [-0.3, -0.25) is 0 Å². The maximum absolute atomic E-state index is 12.0. The van der Waals surface area contributed by atoms with Crippen LogP contribution >= 0.6 is 0 Å². The van der Waals surface area contributed by atoms with E-state index in [1.165, 1.54) is 12.8 Å². The molecular formula is C10H18F3NO. The molecular weight excluding hydrogens is 207 g/mol. The molecule has 0 aromatic rings. The van der Waals surface area contributed by atoms with E-state index in [4.69, 9.17) is 0 Å². The molecule has 2 atom stereocenters. The maximum atomic E-state index is 12.0. The van der Waals surface area contributed by atoms with Gasteiger partial charge in [0.25, 0.3) is 0 Å². The number of rotatable bonds is 6.